The van der Waals surface area contributed by atoms with Gasteiger partial charge in [-0.3, -0.25) is 14.2 Å². The number of nitrogens with zero attached hydrogens (tertiary/aromatic N) is 3. The highest BCUT2D eigenvalue weighted by Crippen LogP contribution is 2.35. The molecular weight excluding hydrogens is 484 g/mol. The maximum Gasteiger partial charge on any atom is 0.263 e. The topological polar surface area (TPSA) is 85.6 Å². The Balaban J connectivity index is 1.20. The zero-order valence-corrected chi connectivity index (χ0v) is 22.0. The molecule has 1 N–H and O–H groups in total. The molecule has 0 bridgehead atoms. The molecule has 2 atom stereocenters. The fourth-order valence-electron chi connectivity index (χ4n) is 4.51. The average Bonchev–Trinajstić information content (AvgIpc) is 3.27. The van der Waals surface area contributed by atoms with Gasteiger partial charge < -0.3 is 4.74 Å². The summed E-state index contributed by atoms with van der Waals surface area (Å²) in [7, 11) is 0. The van der Waals surface area contributed by atoms with E-state index < -0.39 is 6.04 Å². The maximum absolute atomic E-state index is 13.3. The van der Waals surface area contributed by atoms with Crippen molar-refractivity contribution >= 4 is 33.7 Å². The standard InChI is InChI=1S/C29H30N4O3S/c1-18-4-7-22(8-5-18)16-36-23-11-9-21(10-12-23)15-31-32-27(34)20(3)33-17-30-28-26(29(33)35)24-13-6-19(2)14-25(24)37-28/h4-5,7-12,15,17,19-20H,6,13-14,16H2,1-3H3,(H,32,34). The Hall–Kier alpha value is -3.78. The lowest BCUT2D eigenvalue weighted by Gasteiger charge is -2.18. The lowest BCUT2D eigenvalue weighted by Crippen LogP contribution is -2.34. The van der Waals surface area contributed by atoms with Crippen molar-refractivity contribution in [3.63, 3.8) is 0 Å². The van der Waals surface area contributed by atoms with E-state index in [1.807, 2.05) is 24.3 Å². The van der Waals surface area contributed by atoms with Crippen LogP contribution in [0.4, 0.5) is 0 Å². The summed E-state index contributed by atoms with van der Waals surface area (Å²) in [5.74, 6) is 0.991. The number of aromatic nitrogens is 2. The quantitative estimate of drug-likeness (QED) is 0.272. The molecule has 2 aromatic carbocycles. The number of carbonyl (C=O) groups is 1. The normalized spacial score (nSPS) is 16.0. The molecule has 1 amide bonds. The number of ether oxygens (including phenoxy) is 1. The first kappa shape index (κ1) is 24.9. The van der Waals surface area contributed by atoms with Gasteiger partial charge in [-0.25, -0.2) is 10.4 Å². The molecule has 4 aromatic rings. The van der Waals surface area contributed by atoms with Gasteiger partial charge in [0.1, 0.15) is 23.2 Å². The van der Waals surface area contributed by atoms with Gasteiger partial charge in [-0.05, 0) is 80.0 Å². The molecule has 0 aliphatic heterocycles. The van der Waals surface area contributed by atoms with Crippen LogP contribution in [0.3, 0.4) is 0 Å². The van der Waals surface area contributed by atoms with Gasteiger partial charge in [0.05, 0.1) is 17.9 Å². The molecule has 0 saturated heterocycles. The van der Waals surface area contributed by atoms with E-state index in [1.165, 1.54) is 21.3 Å². The zero-order chi connectivity index (χ0) is 25.9. The third kappa shape index (κ3) is 5.49. The molecule has 2 aromatic heterocycles. The summed E-state index contributed by atoms with van der Waals surface area (Å²) in [6.07, 6.45) is 5.98. The molecule has 1 aliphatic carbocycles. The Bertz CT molecular complexity index is 1500. The predicted octanol–water partition coefficient (Wildman–Crippen LogP) is 5.18. The molecule has 5 rings (SSSR count). The van der Waals surface area contributed by atoms with Gasteiger partial charge >= 0.3 is 0 Å². The van der Waals surface area contributed by atoms with Crippen molar-refractivity contribution in [2.24, 2.45) is 11.0 Å². The number of nitrogens with one attached hydrogen (secondary N) is 1. The van der Waals surface area contributed by atoms with Crippen LogP contribution in [0.15, 0.2) is 64.8 Å². The van der Waals surface area contributed by atoms with E-state index in [0.29, 0.717) is 17.9 Å². The van der Waals surface area contributed by atoms with Crippen LogP contribution in [-0.4, -0.2) is 21.7 Å². The van der Waals surface area contributed by atoms with E-state index in [0.717, 1.165) is 46.5 Å². The first-order chi connectivity index (χ1) is 17.9. The molecule has 0 fully saturated rings. The van der Waals surface area contributed by atoms with Crippen molar-refractivity contribution < 1.29 is 9.53 Å². The number of benzene rings is 2. The number of hydrazone groups is 1. The predicted molar refractivity (Wildman–Crippen MR) is 147 cm³/mol. The second kappa shape index (κ2) is 10.7. The lowest BCUT2D eigenvalue weighted by atomic mass is 9.89. The summed E-state index contributed by atoms with van der Waals surface area (Å²) >= 11 is 1.60. The van der Waals surface area contributed by atoms with Gasteiger partial charge in [0.25, 0.3) is 11.5 Å². The van der Waals surface area contributed by atoms with Crippen LogP contribution < -0.4 is 15.7 Å². The second-order valence-electron chi connectivity index (χ2n) is 9.74. The van der Waals surface area contributed by atoms with Crippen molar-refractivity contribution in [2.45, 2.75) is 52.7 Å². The molecule has 0 saturated carbocycles. The van der Waals surface area contributed by atoms with Gasteiger partial charge in [-0.1, -0.05) is 36.8 Å². The Morgan fingerprint density at radius 2 is 2.00 bits per heavy atom. The third-order valence-electron chi connectivity index (χ3n) is 6.83. The number of hydrogen-bond donors (Lipinski definition) is 1. The van der Waals surface area contributed by atoms with Crippen LogP contribution in [-0.2, 0) is 24.2 Å². The molecular formula is C29H30N4O3S. The molecule has 1 aliphatic rings. The first-order valence-electron chi connectivity index (χ1n) is 12.5. The van der Waals surface area contributed by atoms with Crippen LogP contribution in [0.5, 0.6) is 5.75 Å². The van der Waals surface area contributed by atoms with Crippen LogP contribution in [0, 0.1) is 12.8 Å². The van der Waals surface area contributed by atoms with Gasteiger partial charge in [-0.2, -0.15) is 5.10 Å². The van der Waals surface area contributed by atoms with E-state index in [9.17, 15) is 9.59 Å². The minimum atomic E-state index is -0.739. The Labute approximate surface area is 219 Å². The minimum absolute atomic E-state index is 0.162. The molecule has 2 heterocycles. The van der Waals surface area contributed by atoms with Crippen LogP contribution >= 0.6 is 11.3 Å². The summed E-state index contributed by atoms with van der Waals surface area (Å²) in [4.78, 5) is 32.5. The highest BCUT2D eigenvalue weighted by Gasteiger charge is 2.25. The first-order valence-corrected chi connectivity index (χ1v) is 13.3. The number of hydrogen-bond acceptors (Lipinski definition) is 6. The van der Waals surface area contributed by atoms with Crippen LogP contribution in [0.1, 0.15) is 53.4 Å². The molecule has 37 heavy (non-hydrogen) atoms. The number of fused-ring (bicyclic) bond motifs is 3. The lowest BCUT2D eigenvalue weighted by molar-refractivity contribution is -0.123. The largest absolute Gasteiger partial charge is 0.489 e. The molecule has 8 heteroatoms. The van der Waals surface area contributed by atoms with Gasteiger partial charge in [0, 0.05) is 4.88 Å². The number of amides is 1. The number of thiophene rings is 1. The maximum atomic E-state index is 13.3. The number of carbonyl (C=O) groups excluding carboxylic acids is 1. The SMILES string of the molecule is Cc1ccc(COc2ccc(C=NNC(=O)C(C)n3cnc4sc5c(c4c3=O)CCC(C)C5)cc2)cc1. The summed E-state index contributed by atoms with van der Waals surface area (Å²) in [6.45, 7) is 6.47. The number of rotatable bonds is 7. The Morgan fingerprint density at radius 1 is 1.24 bits per heavy atom. The van der Waals surface area contributed by atoms with Crippen LogP contribution in [0.2, 0.25) is 0 Å². The summed E-state index contributed by atoms with van der Waals surface area (Å²) < 4.78 is 7.24. The monoisotopic (exact) mass is 514 g/mol. The highest BCUT2D eigenvalue weighted by molar-refractivity contribution is 7.18. The highest BCUT2D eigenvalue weighted by atomic mass is 32.1. The summed E-state index contributed by atoms with van der Waals surface area (Å²) in [5.41, 5.74) is 6.64. The van der Waals surface area contributed by atoms with Crippen LogP contribution in [0.25, 0.3) is 10.2 Å². The van der Waals surface area contributed by atoms with Crippen molar-refractivity contribution in [3.05, 3.63) is 92.3 Å². The van der Waals surface area contributed by atoms with E-state index in [-0.39, 0.29) is 11.5 Å². The van der Waals surface area contributed by atoms with Crippen molar-refractivity contribution in [1.29, 1.82) is 0 Å². The van der Waals surface area contributed by atoms with Crippen molar-refractivity contribution in [1.82, 2.24) is 15.0 Å². The minimum Gasteiger partial charge on any atom is -0.489 e. The molecule has 7 nitrogen and oxygen atoms in total. The molecule has 0 radical (unpaired) electrons. The molecule has 2 unspecified atom stereocenters. The van der Waals surface area contributed by atoms with E-state index in [4.69, 9.17) is 4.74 Å². The Kier molecular flexibility index (Phi) is 7.19. The molecule has 190 valence electrons. The van der Waals surface area contributed by atoms with Crippen molar-refractivity contribution in [2.75, 3.05) is 0 Å². The summed E-state index contributed by atoms with van der Waals surface area (Å²) in [5, 5.41) is 4.75. The van der Waals surface area contributed by atoms with E-state index in [2.05, 4.69) is 53.6 Å². The fraction of sp³-hybridized carbons (Fsp3) is 0.310. The third-order valence-corrected chi connectivity index (χ3v) is 7.99. The summed E-state index contributed by atoms with van der Waals surface area (Å²) in [6, 6.07) is 15.0. The number of aryl methyl sites for hydroxylation is 2. The second-order valence-corrected chi connectivity index (χ2v) is 10.8. The molecule has 0 spiro atoms. The van der Waals surface area contributed by atoms with Crippen molar-refractivity contribution in [3.8, 4) is 5.75 Å². The van der Waals surface area contributed by atoms with E-state index in [1.54, 1.807) is 24.5 Å². The average molecular weight is 515 g/mol. The smallest absolute Gasteiger partial charge is 0.263 e. The Morgan fingerprint density at radius 3 is 2.76 bits per heavy atom. The van der Waals surface area contributed by atoms with Gasteiger partial charge in [0.2, 0.25) is 0 Å². The zero-order valence-electron chi connectivity index (χ0n) is 21.2. The van der Waals surface area contributed by atoms with Gasteiger partial charge in [0.15, 0.2) is 0 Å². The van der Waals surface area contributed by atoms with Gasteiger partial charge in [-0.15, -0.1) is 11.3 Å². The fourth-order valence-corrected chi connectivity index (χ4v) is 5.85. The van der Waals surface area contributed by atoms with E-state index >= 15 is 0 Å².